The Kier molecular flexibility index (Phi) is 6.25. The molecule has 0 amide bonds. The van der Waals surface area contributed by atoms with Gasteiger partial charge in [0.2, 0.25) is 0 Å². The lowest BCUT2D eigenvalue weighted by Gasteiger charge is -2.09. The van der Waals surface area contributed by atoms with Gasteiger partial charge < -0.3 is 0 Å². The van der Waals surface area contributed by atoms with Gasteiger partial charge in [0.05, 0.1) is 21.2 Å². The van der Waals surface area contributed by atoms with Crippen LogP contribution >= 0.6 is 35.0 Å². The number of hydrogen-bond donors (Lipinski definition) is 0. The highest BCUT2D eigenvalue weighted by atomic mass is 35.5. The third kappa shape index (κ3) is 5.28. The Balaban J connectivity index is 2.87. The standard InChI is InChI=1S/C13H9Cl2F3OS/c1-8(19)20-5-3-2-4-10-11(14)6-9(7-12(10)15)13(16,17)18/h6-7H,3,5H2,1H3. The van der Waals surface area contributed by atoms with E-state index in [2.05, 4.69) is 11.8 Å². The molecule has 0 aromatic heterocycles. The van der Waals surface area contributed by atoms with Gasteiger partial charge in [0.25, 0.3) is 0 Å². The van der Waals surface area contributed by atoms with E-state index in [1.165, 1.54) is 6.92 Å². The maximum atomic E-state index is 12.5. The number of hydrogen-bond acceptors (Lipinski definition) is 2. The number of carbonyl (C=O) groups is 1. The van der Waals surface area contributed by atoms with E-state index in [1.54, 1.807) is 0 Å². The first-order chi connectivity index (χ1) is 9.21. The second-order valence-corrected chi connectivity index (χ2v) is 5.79. The van der Waals surface area contributed by atoms with Gasteiger partial charge in [0, 0.05) is 19.1 Å². The first-order valence-electron chi connectivity index (χ1n) is 5.40. The van der Waals surface area contributed by atoms with Crippen LogP contribution in [0.5, 0.6) is 0 Å². The molecular weight excluding hydrogens is 332 g/mol. The summed E-state index contributed by atoms with van der Waals surface area (Å²) in [6.07, 6.45) is -4.09. The van der Waals surface area contributed by atoms with Gasteiger partial charge in [-0.3, -0.25) is 4.79 Å². The van der Waals surface area contributed by atoms with E-state index in [9.17, 15) is 18.0 Å². The van der Waals surface area contributed by atoms with E-state index in [-0.39, 0.29) is 20.7 Å². The molecule has 1 aromatic rings. The highest BCUT2D eigenvalue weighted by Gasteiger charge is 2.31. The summed E-state index contributed by atoms with van der Waals surface area (Å²) in [4.78, 5) is 10.7. The summed E-state index contributed by atoms with van der Waals surface area (Å²) in [5.74, 6) is 5.86. The largest absolute Gasteiger partial charge is 0.416 e. The maximum absolute atomic E-state index is 12.5. The Morgan fingerprint density at radius 1 is 1.30 bits per heavy atom. The summed E-state index contributed by atoms with van der Waals surface area (Å²) in [6, 6.07) is 1.59. The Morgan fingerprint density at radius 2 is 1.85 bits per heavy atom. The Bertz CT molecular complexity index is 550. The summed E-state index contributed by atoms with van der Waals surface area (Å²) in [5, 5.41) is -0.300. The van der Waals surface area contributed by atoms with Gasteiger partial charge in [-0.25, -0.2) is 0 Å². The normalized spacial score (nSPS) is 10.9. The van der Waals surface area contributed by atoms with Gasteiger partial charge in [-0.1, -0.05) is 46.8 Å². The summed E-state index contributed by atoms with van der Waals surface area (Å²) in [5.41, 5.74) is -0.751. The van der Waals surface area contributed by atoms with Crippen molar-refractivity contribution in [3.8, 4) is 11.8 Å². The van der Waals surface area contributed by atoms with Crippen LogP contribution < -0.4 is 0 Å². The first-order valence-corrected chi connectivity index (χ1v) is 7.14. The zero-order valence-electron chi connectivity index (χ0n) is 10.3. The van der Waals surface area contributed by atoms with Crippen LogP contribution in [0.2, 0.25) is 10.0 Å². The molecule has 0 saturated carbocycles. The van der Waals surface area contributed by atoms with Crippen molar-refractivity contribution >= 4 is 40.1 Å². The fraction of sp³-hybridized carbons (Fsp3) is 0.308. The van der Waals surface area contributed by atoms with Gasteiger partial charge in [0.15, 0.2) is 5.12 Å². The zero-order valence-corrected chi connectivity index (χ0v) is 12.6. The SMILES string of the molecule is CC(=O)SCCC#Cc1c(Cl)cc(C(F)(F)F)cc1Cl. The molecule has 0 saturated heterocycles. The van der Waals surface area contributed by atoms with E-state index in [0.717, 1.165) is 23.9 Å². The fourth-order valence-electron chi connectivity index (χ4n) is 1.25. The lowest BCUT2D eigenvalue weighted by molar-refractivity contribution is -0.137. The van der Waals surface area contributed by atoms with E-state index >= 15 is 0 Å². The van der Waals surface area contributed by atoms with Crippen LogP contribution in [0.1, 0.15) is 24.5 Å². The van der Waals surface area contributed by atoms with Gasteiger partial charge in [0.1, 0.15) is 0 Å². The fourth-order valence-corrected chi connectivity index (χ4v) is 2.33. The number of alkyl halides is 3. The maximum Gasteiger partial charge on any atom is 0.416 e. The molecule has 0 fully saturated rings. The summed E-state index contributed by atoms with van der Waals surface area (Å²) in [6.45, 7) is 1.45. The van der Waals surface area contributed by atoms with Crippen molar-refractivity contribution in [1.29, 1.82) is 0 Å². The second-order valence-electron chi connectivity index (χ2n) is 3.70. The van der Waals surface area contributed by atoms with Crippen molar-refractivity contribution in [3.63, 3.8) is 0 Å². The van der Waals surface area contributed by atoms with Crippen LogP contribution in [0, 0.1) is 11.8 Å². The van der Waals surface area contributed by atoms with E-state index in [0.29, 0.717) is 12.2 Å². The Hall–Kier alpha value is -0.830. The Labute approximate surface area is 128 Å². The van der Waals surface area contributed by atoms with Crippen LogP contribution in [0.15, 0.2) is 12.1 Å². The molecule has 0 aliphatic carbocycles. The number of rotatable bonds is 2. The first kappa shape index (κ1) is 17.2. The minimum Gasteiger partial charge on any atom is -0.288 e. The van der Waals surface area contributed by atoms with Crippen LogP contribution in [0.4, 0.5) is 13.2 Å². The lowest BCUT2D eigenvalue weighted by Crippen LogP contribution is -2.05. The molecule has 1 rings (SSSR count). The van der Waals surface area contributed by atoms with Gasteiger partial charge in [-0.2, -0.15) is 13.2 Å². The van der Waals surface area contributed by atoms with Crippen molar-refractivity contribution in [1.82, 2.24) is 0 Å². The molecule has 1 aromatic carbocycles. The molecule has 0 aliphatic heterocycles. The van der Waals surface area contributed by atoms with Crippen molar-refractivity contribution < 1.29 is 18.0 Å². The number of benzene rings is 1. The summed E-state index contributed by atoms with van der Waals surface area (Å²) in [7, 11) is 0. The van der Waals surface area contributed by atoms with Crippen LogP contribution in [0.25, 0.3) is 0 Å². The molecule has 0 N–H and O–H groups in total. The summed E-state index contributed by atoms with van der Waals surface area (Å²) >= 11 is 12.6. The van der Waals surface area contributed by atoms with Crippen molar-refractivity contribution in [2.24, 2.45) is 0 Å². The molecule has 0 atom stereocenters. The molecule has 0 spiro atoms. The third-order valence-corrected chi connectivity index (χ3v) is 3.53. The number of halogens is 5. The zero-order chi connectivity index (χ0) is 15.3. The predicted octanol–water partition coefficient (Wildman–Crippen LogP) is 5.03. The van der Waals surface area contributed by atoms with Crippen molar-refractivity contribution in [2.75, 3.05) is 5.75 Å². The van der Waals surface area contributed by atoms with E-state index in [4.69, 9.17) is 23.2 Å². The molecular formula is C13H9Cl2F3OS. The van der Waals surface area contributed by atoms with E-state index < -0.39 is 11.7 Å². The Morgan fingerprint density at radius 3 is 2.30 bits per heavy atom. The molecule has 0 heterocycles. The molecule has 108 valence electrons. The lowest BCUT2D eigenvalue weighted by atomic mass is 10.1. The molecule has 0 radical (unpaired) electrons. The van der Waals surface area contributed by atoms with Gasteiger partial charge in [-0.05, 0) is 12.1 Å². The third-order valence-electron chi connectivity index (χ3n) is 2.12. The average Bonchev–Trinajstić information content (AvgIpc) is 2.29. The monoisotopic (exact) mass is 340 g/mol. The number of carbonyl (C=O) groups excluding carboxylic acids is 1. The van der Waals surface area contributed by atoms with Gasteiger partial charge >= 0.3 is 6.18 Å². The highest BCUT2D eigenvalue weighted by Crippen LogP contribution is 2.35. The molecule has 20 heavy (non-hydrogen) atoms. The van der Waals surface area contributed by atoms with Crippen LogP contribution in [0.3, 0.4) is 0 Å². The predicted molar refractivity (Wildman–Crippen MR) is 76.1 cm³/mol. The minimum absolute atomic E-state index is 0.0163. The van der Waals surface area contributed by atoms with Crippen molar-refractivity contribution in [3.05, 3.63) is 33.3 Å². The summed E-state index contributed by atoms with van der Waals surface area (Å²) < 4.78 is 37.6. The minimum atomic E-state index is -4.50. The second kappa shape index (κ2) is 7.26. The molecule has 0 aliphatic rings. The molecule has 1 nitrogen and oxygen atoms in total. The molecule has 0 bridgehead atoms. The van der Waals surface area contributed by atoms with Crippen LogP contribution in [-0.4, -0.2) is 10.9 Å². The van der Waals surface area contributed by atoms with Crippen LogP contribution in [-0.2, 0) is 11.0 Å². The quantitative estimate of drug-likeness (QED) is 0.554. The number of thioether (sulfide) groups is 1. The van der Waals surface area contributed by atoms with Crippen molar-refractivity contribution in [2.45, 2.75) is 19.5 Å². The average molecular weight is 341 g/mol. The smallest absolute Gasteiger partial charge is 0.288 e. The van der Waals surface area contributed by atoms with E-state index in [1.807, 2.05) is 0 Å². The molecule has 0 unspecified atom stereocenters. The van der Waals surface area contributed by atoms with Gasteiger partial charge in [-0.15, -0.1) is 0 Å². The molecule has 7 heteroatoms. The topological polar surface area (TPSA) is 17.1 Å². The highest BCUT2D eigenvalue weighted by molar-refractivity contribution is 8.13.